The average Bonchev–Trinajstić information content (AvgIpc) is 3.37. The zero-order valence-electron chi connectivity index (χ0n) is 20.2. The van der Waals surface area contributed by atoms with Crippen molar-refractivity contribution >= 4 is 0 Å². The molecule has 6 aromatic rings. The highest BCUT2D eigenvalue weighted by Gasteiger charge is 2.25. The molecule has 1 aliphatic carbocycles. The molecule has 0 unspecified atom stereocenters. The number of hydrogen-bond donors (Lipinski definition) is 0. The predicted octanol–water partition coefficient (Wildman–Crippen LogP) is 8.11. The van der Waals surface area contributed by atoms with Gasteiger partial charge in [0, 0.05) is 23.1 Å². The van der Waals surface area contributed by atoms with Gasteiger partial charge < -0.3 is 0 Å². The van der Waals surface area contributed by atoms with Crippen molar-refractivity contribution < 1.29 is 0 Å². The third kappa shape index (κ3) is 3.82. The molecule has 0 saturated carbocycles. The summed E-state index contributed by atoms with van der Waals surface area (Å²) in [6.45, 7) is 0. The number of hydrogen-bond acceptors (Lipinski definition) is 3. The van der Waals surface area contributed by atoms with E-state index in [0.717, 1.165) is 23.1 Å². The highest BCUT2D eigenvalue weighted by molar-refractivity contribution is 5.88. The molecule has 0 fully saturated rings. The first-order valence-corrected chi connectivity index (χ1v) is 12.5. The Morgan fingerprint density at radius 1 is 0.324 bits per heavy atom. The molecule has 1 aromatic heterocycles. The maximum Gasteiger partial charge on any atom is 0.164 e. The van der Waals surface area contributed by atoms with Crippen molar-refractivity contribution in [2.24, 2.45) is 0 Å². The third-order valence-electron chi connectivity index (χ3n) is 7.02. The lowest BCUT2D eigenvalue weighted by Crippen LogP contribution is -2.01. The van der Waals surface area contributed by atoms with Crippen LogP contribution >= 0.6 is 0 Å². The molecule has 37 heavy (non-hydrogen) atoms. The van der Waals surface area contributed by atoms with Crippen LogP contribution in [0.25, 0.3) is 56.4 Å². The molecule has 5 aromatic carbocycles. The van der Waals surface area contributed by atoms with E-state index < -0.39 is 0 Å². The van der Waals surface area contributed by atoms with Gasteiger partial charge in [0.2, 0.25) is 0 Å². The smallest absolute Gasteiger partial charge is 0.164 e. The first-order valence-electron chi connectivity index (χ1n) is 12.5. The Balaban J connectivity index is 1.40. The van der Waals surface area contributed by atoms with Crippen LogP contribution in [-0.4, -0.2) is 15.0 Å². The normalized spacial score (nSPS) is 11.7. The molecule has 0 atom stereocenters. The van der Waals surface area contributed by atoms with Crippen LogP contribution in [0.1, 0.15) is 11.1 Å². The van der Waals surface area contributed by atoms with Crippen LogP contribution in [0.15, 0.2) is 127 Å². The summed E-state index contributed by atoms with van der Waals surface area (Å²) in [6, 6.07) is 44.0. The van der Waals surface area contributed by atoms with E-state index in [4.69, 9.17) is 15.0 Å². The van der Waals surface area contributed by atoms with E-state index in [-0.39, 0.29) is 0 Å². The summed E-state index contributed by atoms with van der Waals surface area (Å²) < 4.78 is 0. The van der Waals surface area contributed by atoms with Gasteiger partial charge in [0.1, 0.15) is 0 Å². The first kappa shape index (κ1) is 21.4. The molecule has 0 amide bonds. The Morgan fingerprint density at radius 2 is 0.730 bits per heavy atom. The van der Waals surface area contributed by atoms with Crippen molar-refractivity contribution in [3.05, 3.63) is 139 Å². The van der Waals surface area contributed by atoms with Crippen LogP contribution in [0.2, 0.25) is 0 Å². The quantitative estimate of drug-likeness (QED) is 0.259. The minimum Gasteiger partial charge on any atom is -0.208 e. The molecule has 0 N–H and O–H groups in total. The second-order valence-electron chi connectivity index (χ2n) is 9.24. The molecule has 3 heteroatoms. The minimum absolute atomic E-state index is 0.683. The van der Waals surface area contributed by atoms with E-state index in [2.05, 4.69) is 66.7 Å². The molecular formula is C34H23N3. The zero-order chi connectivity index (χ0) is 24.6. The van der Waals surface area contributed by atoms with Gasteiger partial charge in [0.15, 0.2) is 17.5 Å². The lowest BCUT2D eigenvalue weighted by Gasteiger charge is -2.11. The van der Waals surface area contributed by atoms with Gasteiger partial charge in [0.25, 0.3) is 0 Å². The maximum atomic E-state index is 5.00. The van der Waals surface area contributed by atoms with E-state index in [1.165, 1.54) is 33.4 Å². The summed E-state index contributed by atoms with van der Waals surface area (Å²) in [5.74, 6) is 2.07. The van der Waals surface area contributed by atoms with Crippen molar-refractivity contribution in [2.75, 3.05) is 0 Å². The molecule has 1 heterocycles. The standard InChI is InChI=1S/C34H23N3/c1-4-12-23(13-5-1)26-18-10-19-27-28-20-11-21-29(31(28)22-30(26)27)34-36-32(24-14-6-2-7-15-24)35-33(37-34)25-16-8-3-9-17-25/h1-21H,22H2. The van der Waals surface area contributed by atoms with E-state index in [1.54, 1.807) is 0 Å². The molecule has 174 valence electrons. The fourth-order valence-corrected chi connectivity index (χ4v) is 5.26. The molecule has 0 radical (unpaired) electrons. The summed E-state index contributed by atoms with van der Waals surface area (Å²) >= 11 is 0. The lowest BCUT2D eigenvalue weighted by atomic mass is 9.96. The molecule has 7 rings (SSSR count). The number of nitrogens with zero attached hydrogens (tertiary/aromatic N) is 3. The number of fused-ring (bicyclic) bond motifs is 3. The average molecular weight is 474 g/mol. The number of benzene rings is 5. The number of rotatable bonds is 4. The summed E-state index contributed by atoms with van der Waals surface area (Å²) in [7, 11) is 0. The Morgan fingerprint density at radius 3 is 1.27 bits per heavy atom. The number of aromatic nitrogens is 3. The van der Waals surface area contributed by atoms with Gasteiger partial charge in [-0.2, -0.15) is 0 Å². The van der Waals surface area contributed by atoms with E-state index in [1.807, 2.05) is 60.7 Å². The highest BCUT2D eigenvalue weighted by Crippen LogP contribution is 2.44. The monoisotopic (exact) mass is 473 g/mol. The Bertz CT molecular complexity index is 1670. The fraction of sp³-hybridized carbons (Fsp3) is 0.0294. The Hall–Kier alpha value is -4.89. The molecule has 0 spiro atoms. The molecule has 0 aliphatic heterocycles. The van der Waals surface area contributed by atoms with Crippen LogP contribution in [0, 0.1) is 0 Å². The van der Waals surface area contributed by atoms with Crippen LogP contribution < -0.4 is 0 Å². The maximum absolute atomic E-state index is 5.00. The van der Waals surface area contributed by atoms with E-state index >= 15 is 0 Å². The largest absolute Gasteiger partial charge is 0.208 e. The zero-order valence-corrected chi connectivity index (χ0v) is 20.2. The lowest BCUT2D eigenvalue weighted by molar-refractivity contribution is 1.07. The molecule has 3 nitrogen and oxygen atoms in total. The minimum atomic E-state index is 0.683. The van der Waals surface area contributed by atoms with Crippen LogP contribution in [0.3, 0.4) is 0 Å². The summed E-state index contributed by atoms with van der Waals surface area (Å²) in [6.07, 6.45) is 0.846. The van der Waals surface area contributed by atoms with Gasteiger partial charge in [-0.1, -0.05) is 127 Å². The van der Waals surface area contributed by atoms with Gasteiger partial charge in [-0.25, -0.2) is 15.0 Å². The third-order valence-corrected chi connectivity index (χ3v) is 7.02. The Labute approximate surface area is 216 Å². The van der Waals surface area contributed by atoms with Gasteiger partial charge in [-0.05, 0) is 33.4 Å². The van der Waals surface area contributed by atoms with Crippen molar-refractivity contribution in [1.82, 2.24) is 15.0 Å². The van der Waals surface area contributed by atoms with Crippen molar-refractivity contribution in [3.8, 4) is 56.4 Å². The predicted molar refractivity (Wildman–Crippen MR) is 150 cm³/mol. The molecule has 0 bridgehead atoms. The van der Waals surface area contributed by atoms with Crippen LogP contribution in [-0.2, 0) is 6.42 Å². The fourth-order valence-electron chi connectivity index (χ4n) is 5.26. The Kier molecular flexibility index (Phi) is 5.18. The van der Waals surface area contributed by atoms with Crippen LogP contribution in [0.5, 0.6) is 0 Å². The van der Waals surface area contributed by atoms with Gasteiger partial charge in [-0.3, -0.25) is 0 Å². The summed E-state index contributed by atoms with van der Waals surface area (Å²) in [5, 5.41) is 0. The highest BCUT2D eigenvalue weighted by atomic mass is 15.0. The van der Waals surface area contributed by atoms with Crippen LogP contribution in [0.4, 0.5) is 0 Å². The van der Waals surface area contributed by atoms with Gasteiger partial charge >= 0.3 is 0 Å². The van der Waals surface area contributed by atoms with Crippen molar-refractivity contribution in [1.29, 1.82) is 0 Å². The second kappa shape index (κ2) is 8.96. The second-order valence-corrected chi connectivity index (χ2v) is 9.24. The summed E-state index contributed by atoms with van der Waals surface area (Å²) in [4.78, 5) is 14.9. The van der Waals surface area contributed by atoms with E-state index in [9.17, 15) is 0 Å². The molecule has 1 aliphatic rings. The molecule has 0 saturated heterocycles. The van der Waals surface area contributed by atoms with Gasteiger partial charge in [0.05, 0.1) is 0 Å². The van der Waals surface area contributed by atoms with Crippen molar-refractivity contribution in [2.45, 2.75) is 6.42 Å². The SMILES string of the molecule is c1ccc(-c2nc(-c3ccccc3)nc(-c3cccc4c3Cc3c(-c5ccccc5)cccc3-4)n2)cc1. The summed E-state index contributed by atoms with van der Waals surface area (Å²) in [5.41, 5.74) is 10.7. The topological polar surface area (TPSA) is 38.7 Å². The van der Waals surface area contributed by atoms with E-state index in [0.29, 0.717) is 17.5 Å². The van der Waals surface area contributed by atoms with Gasteiger partial charge in [-0.15, -0.1) is 0 Å². The molecular weight excluding hydrogens is 450 g/mol. The first-order chi connectivity index (χ1) is 18.3. The van der Waals surface area contributed by atoms with Crippen molar-refractivity contribution in [3.63, 3.8) is 0 Å².